The number of hydrogen-bond acceptors (Lipinski definition) is 16. The first-order valence-electron chi connectivity index (χ1n) is 14.5. The van der Waals surface area contributed by atoms with Crippen molar-refractivity contribution in [2.24, 2.45) is 0 Å². The van der Waals surface area contributed by atoms with E-state index in [1.54, 1.807) is 26.2 Å². The average Bonchev–Trinajstić information content (AvgIpc) is 2.52. The maximum atomic E-state index is 6.99. The van der Waals surface area contributed by atoms with Gasteiger partial charge in [0.1, 0.15) is 0 Å². The van der Waals surface area contributed by atoms with Gasteiger partial charge in [-0.25, -0.2) is 0 Å². The van der Waals surface area contributed by atoms with Crippen molar-refractivity contribution in [3.05, 3.63) is 0 Å². The minimum atomic E-state index is -4.52. The first-order chi connectivity index (χ1) is 19.3. The molecule has 0 aromatic rings. The van der Waals surface area contributed by atoms with Crippen molar-refractivity contribution in [2.75, 3.05) is 0 Å². The fraction of sp³-hybridized carbons (Fsp3) is 1.00. The van der Waals surface area contributed by atoms with Gasteiger partial charge in [0.15, 0.2) is 33.3 Å². The molecule has 256 valence electrons. The predicted molar refractivity (Wildman–Crippen MR) is 180 cm³/mol. The molecule has 44 heavy (non-hydrogen) atoms. The molecule has 0 spiro atoms. The van der Waals surface area contributed by atoms with E-state index in [2.05, 4.69) is 0 Å². The summed E-state index contributed by atoms with van der Waals surface area (Å²) in [7, 11) is -43.8. The molecule has 0 amide bonds. The van der Waals surface area contributed by atoms with Gasteiger partial charge in [-0.1, -0.05) is 0 Å². The summed E-state index contributed by atoms with van der Waals surface area (Å²) in [5, 5.41) is 0. The van der Waals surface area contributed by atoms with E-state index in [0.29, 0.717) is 0 Å². The summed E-state index contributed by atoms with van der Waals surface area (Å²) in [5.41, 5.74) is 0. The molecule has 28 heteroatoms. The Morgan fingerprint density at radius 2 is 0.432 bits per heavy atom. The van der Waals surface area contributed by atoms with Gasteiger partial charge < -0.3 is 65.8 Å². The summed E-state index contributed by atoms with van der Waals surface area (Å²) in [6.07, 6.45) is 0. The molecule has 0 saturated carbocycles. The Kier molecular flexibility index (Phi) is 9.08. The van der Waals surface area contributed by atoms with Gasteiger partial charge in [-0.2, -0.15) is 0 Å². The number of rotatable bonds is 8. The molecule has 0 unspecified atom stereocenters. The lowest BCUT2D eigenvalue weighted by atomic mass is 11.8. The minimum Gasteiger partial charge on any atom is -0.396 e. The van der Waals surface area contributed by atoms with Gasteiger partial charge >= 0.3 is 71.4 Å². The van der Waals surface area contributed by atoms with Crippen LogP contribution in [0.15, 0.2) is 0 Å². The van der Waals surface area contributed by atoms with E-state index in [1.165, 1.54) is 0 Å². The second-order valence-corrected chi connectivity index (χ2v) is 56.4. The third-order valence-corrected chi connectivity index (χ3v) is 49.0. The maximum Gasteiger partial charge on any atom is 0.649 e. The van der Waals surface area contributed by atoms with E-state index in [-0.39, 0.29) is 0 Å². The molecule has 6 aliphatic rings. The molecular weight excluding hydrogens is 785 g/mol. The molecule has 0 aromatic heterocycles. The zero-order valence-electron chi connectivity index (χ0n) is 28.5. The maximum absolute atomic E-state index is 6.99. The van der Waals surface area contributed by atoms with Gasteiger partial charge in [0, 0.05) is 26.2 Å². The standard InChI is InChI=1S/C16H48O16Si12/c1-33(2,3)17-41-25-37(13)21-38(14)23-40(16)24-39(15,22-37)27-43(30-41,19-35(7,8)9)32-44(28-40,20-36(10,11)12)31-42(26-38,29-41)18-34(4,5)6/h1-16H3. The Morgan fingerprint density at radius 3 is 0.568 bits per heavy atom. The molecule has 6 saturated heterocycles. The van der Waals surface area contributed by atoms with Crippen LogP contribution >= 0.6 is 0 Å². The molecular formula is C16H48O16Si12. The summed E-state index contributed by atoms with van der Waals surface area (Å²) in [6, 6.07) is 0. The Labute approximate surface area is 274 Å². The van der Waals surface area contributed by atoms with Crippen LogP contribution in [-0.2, 0) is 65.8 Å². The van der Waals surface area contributed by atoms with Gasteiger partial charge in [-0.3, -0.25) is 0 Å². The molecule has 6 aliphatic heterocycles. The molecule has 0 radical (unpaired) electrons. The molecule has 6 heterocycles. The van der Waals surface area contributed by atoms with Crippen molar-refractivity contribution in [3.8, 4) is 0 Å². The van der Waals surface area contributed by atoms with Crippen molar-refractivity contribution in [1.82, 2.24) is 0 Å². The van der Waals surface area contributed by atoms with Gasteiger partial charge in [0.2, 0.25) is 0 Å². The zero-order chi connectivity index (χ0) is 33.3. The minimum absolute atomic E-state index is 1.70. The van der Waals surface area contributed by atoms with E-state index >= 15 is 0 Å². The third-order valence-electron chi connectivity index (χ3n) is 5.45. The molecule has 16 nitrogen and oxygen atoms in total. The van der Waals surface area contributed by atoms with E-state index in [9.17, 15) is 0 Å². The number of hydrogen-bond donors (Lipinski definition) is 0. The molecule has 0 N–H and O–H groups in total. The van der Waals surface area contributed by atoms with Crippen LogP contribution in [0.3, 0.4) is 0 Å². The molecule has 6 fully saturated rings. The Bertz CT molecular complexity index is 960. The van der Waals surface area contributed by atoms with Crippen molar-refractivity contribution in [2.45, 2.75) is 105 Å². The first kappa shape index (κ1) is 37.2. The monoisotopic (exact) mass is 832 g/mol. The largest absolute Gasteiger partial charge is 0.649 e. The van der Waals surface area contributed by atoms with Crippen LogP contribution in [0.2, 0.25) is 105 Å². The van der Waals surface area contributed by atoms with Crippen LogP contribution in [0.1, 0.15) is 0 Å². The average molecular weight is 834 g/mol. The highest BCUT2D eigenvalue weighted by Gasteiger charge is 2.86. The molecule has 6 rings (SSSR count). The fourth-order valence-electron chi connectivity index (χ4n) is 5.12. The van der Waals surface area contributed by atoms with Crippen LogP contribution in [0.5, 0.6) is 0 Å². The van der Waals surface area contributed by atoms with E-state index < -0.39 is 105 Å². The SMILES string of the molecule is C[Si](C)(C)O[Si]12O[Si]3(C)O[Si]4(C)O[Si]5(C)O[Si](C)(O3)O[Si](O[Si](C)(C)C)(O1)O[Si](O[Si](C)(C)C)(O5)O[Si](O[Si](C)(C)C)(O4)O2. The normalized spacial score (nSPS) is 48.0. The topological polar surface area (TPSA) is 148 Å². The van der Waals surface area contributed by atoms with E-state index in [0.717, 1.165) is 0 Å². The van der Waals surface area contributed by atoms with Gasteiger partial charge in [0.25, 0.3) is 0 Å². The van der Waals surface area contributed by atoms with Crippen molar-refractivity contribution < 1.29 is 65.8 Å². The van der Waals surface area contributed by atoms with Crippen LogP contribution < -0.4 is 0 Å². The van der Waals surface area contributed by atoms with Gasteiger partial charge in [-0.05, 0) is 78.6 Å². The van der Waals surface area contributed by atoms with Crippen LogP contribution in [-0.4, -0.2) is 105 Å². The Balaban J connectivity index is 1.88. The van der Waals surface area contributed by atoms with Crippen LogP contribution in [0.4, 0.5) is 0 Å². The smallest absolute Gasteiger partial charge is 0.396 e. The lowest BCUT2D eigenvalue weighted by Gasteiger charge is -2.60. The van der Waals surface area contributed by atoms with E-state index in [1.807, 2.05) is 78.6 Å². The predicted octanol–water partition coefficient (Wildman–Crippen LogP) is 3.68. The van der Waals surface area contributed by atoms with E-state index in [4.69, 9.17) is 65.8 Å². The highest BCUT2D eigenvalue weighted by atomic mass is 28.7. The lowest BCUT2D eigenvalue weighted by molar-refractivity contribution is -0.0863. The quantitative estimate of drug-likeness (QED) is 0.328. The second kappa shape index (κ2) is 10.7. The van der Waals surface area contributed by atoms with Crippen molar-refractivity contribution in [3.63, 3.8) is 0 Å². The highest BCUT2D eigenvalue weighted by Crippen LogP contribution is 2.50. The summed E-state index contributed by atoms with van der Waals surface area (Å²) in [6.45, 7) is 30.5. The van der Waals surface area contributed by atoms with Crippen molar-refractivity contribution >= 4 is 105 Å². The molecule has 0 aliphatic carbocycles. The highest BCUT2D eigenvalue weighted by molar-refractivity contribution is 7.03. The molecule has 0 aromatic carbocycles. The Morgan fingerprint density at radius 1 is 0.273 bits per heavy atom. The van der Waals surface area contributed by atoms with Crippen LogP contribution in [0, 0.1) is 0 Å². The second-order valence-electron chi connectivity index (χ2n) is 15.5. The molecule has 8 bridgehead atoms. The lowest BCUT2D eigenvalue weighted by Crippen LogP contribution is -2.90. The summed E-state index contributed by atoms with van der Waals surface area (Å²) in [5.74, 6) is 0. The van der Waals surface area contributed by atoms with Crippen LogP contribution in [0.25, 0.3) is 0 Å². The summed E-state index contributed by atoms with van der Waals surface area (Å²) < 4.78 is 110. The Hall–Kier alpha value is 1.96. The first-order valence-corrected chi connectivity index (χ1v) is 43.6. The van der Waals surface area contributed by atoms with Gasteiger partial charge in [0.05, 0.1) is 0 Å². The molecule has 0 atom stereocenters. The third kappa shape index (κ3) is 8.46. The van der Waals surface area contributed by atoms with Gasteiger partial charge in [-0.15, -0.1) is 0 Å². The zero-order valence-corrected chi connectivity index (χ0v) is 40.5. The van der Waals surface area contributed by atoms with Crippen molar-refractivity contribution in [1.29, 1.82) is 0 Å². The summed E-state index contributed by atoms with van der Waals surface area (Å²) >= 11 is 0. The summed E-state index contributed by atoms with van der Waals surface area (Å²) in [4.78, 5) is 0. The fourth-order valence-corrected chi connectivity index (χ4v) is 59.6.